The fourth-order valence-electron chi connectivity index (χ4n) is 3.62. The zero-order chi connectivity index (χ0) is 24.8. The summed E-state index contributed by atoms with van der Waals surface area (Å²) >= 11 is 0. The Balaban J connectivity index is 1.55. The van der Waals surface area contributed by atoms with Gasteiger partial charge in [0.1, 0.15) is 12.0 Å². The first kappa shape index (κ1) is 24.3. The number of rotatable bonds is 7. The van der Waals surface area contributed by atoms with E-state index in [1.54, 1.807) is 30.3 Å². The van der Waals surface area contributed by atoms with Crippen molar-refractivity contribution in [2.75, 3.05) is 6.54 Å². The van der Waals surface area contributed by atoms with Gasteiger partial charge in [0, 0.05) is 12.7 Å². The maximum Gasteiger partial charge on any atom is 0.433 e. The molecule has 0 unspecified atom stereocenters. The number of hydrogen-bond donors (Lipinski definition) is 1. The van der Waals surface area contributed by atoms with Crippen LogP contribution in [0.5, 0.6) is 0 Å². The van der Waals surface area contributed by atoms with E-state index in [1.807, 2.05) is 18.2 Å². The van der Waals surface area contributed by atoms with E-state index in [0.29, 0.717) is 16.9 Å². The smallest absolute Gasteiger partial charge is 0.433 e. The second-order valence-electron chi connectivity index (χ2n) is 7.94. The molecule has 0 spiro atoms. The van der Waals surface area contributed by atoms with Crippen molar-refractivity contribution in [1.29, 1.82) is 0 Å². The maximum atomic E-state index is 13.3. The molecule has 4 rings (SSSR count). The molecule has 1 atom stereocenters. The van der Waals surface area contributed by atoms with Gasteiger partial charge in [0.05, 0.1) is 0 Å². The van der Waals surface area contributed by atoms with Crippen LogP contribution in [0.1, 0.15) is 35.8 Å². The summed E-state index contributed by atoms with van der Waals surface area (Å²) in [5.41, 5.74) is 0.774. The number of ether oxygens (including phenoxy) is 2. The minimum absolute atomic E-state index is 0.0111. The van der Waals surface area contributed by atoms with Gasteiger partial charge < -0.3 is 14.6 Å². The van der Waals surface area contributed by atoms with Gasteiger partial charge in [-0.15, -0.1) is 0 Å². The molecule has 1 aromatic heterocycles. The molecule has 9 heteroatoms. The van der Waals surface area contributed by atoms with Gasteiger partial charge in [0.25, 0.3) is 5.91 Å². The van der Waals surface area contributed by atoms with Gasteiger partial charge in [-0.25, -0.2) is 0 Å². The van der Waals surface area contributed by atoms with Crippen LogP contribution in [0.4, 0.5) is 13.2 Å². The van der Waals surface area contributed by atoms with E-state index >= 15 is 0 Å². The van der Waals surface area contributed by atoms with Crippen molar-refractivity contribution in [3.8, 4) is 0 Å². The molecule has 35 heavy (non-hydrogen) atoms. The van der Waals surface area contributed by atoms with Gasteiger partial charge in [-0.1, -0.05) is 54.6 Å². The molecule has 1 N–H and O–H groups in total. The lowest BCUT2D eigenvalue weighted by Crippen LogP contribution is -2.37. The third-order valence-corrected chi connectivity index (χ3v) is 5.51. The number of carbonyl (C=O) groups is 1. The van der Waals surface area contributed by atoms with Crippen molar-refractivity contribution in [2.24, 2.45) is 0 Å². The molecule has 6 nitrogen and oxygen atoms in total. The molecular weight excluding hydrogens is 461 g/mol. The summed E-state index contributed by atoms with van der Waals surface area (Å²) in [5.74, 6) is -0.155. The molecule has 0 saturated heterocycles. The number of halogens is 3. The number of aliphatic hydroxyl groups excluding tert-OH is 1. The SMILES string of the molecule is O=C([C@@H](O)c1ccccc1)N(CCc1ccc(C(F)(F)F)nc1)C1=COC=C(C2=CC=CCC2)O1. The number of pyridine rings is 1. The van der Waals surface area contributed by atoms with E-state index in [1.165, 1.54) is 23.5 Å². The molecule has 0 radical (unpaired) electrons. The van der Waals surface area contributed by atoms with E-state index < -0.39 is 23.9 Å². The Hall–Kier alpha value is -3.85. The number of aliphatic hydroxyl groups is 1. The van der Waals surface area contributed by atoms with Gasteiger partial charge >= 0.3 is 6.18 Å². The molecule has 0 saturated carbocycles. The summed E-state index contributed by atoms with van der Waals surface area (Å²) in [7, 11) is 0. The molecule has 2 heterocycles. The van der Waals surface area contributed by atoms with Crippen LogP contribution in [0.25, 0.3) is 0 Å². The van der Waals surface area contributed by atoms with Crippen molar-refractivity contribution in [2.45, 2.75) is 31.5 Å². The predicted octanol–water partition coefficient (Wildman–Crippen LogP) is 5.17. The highest BCUT2D eigenvalue weighted by atomic mass is 19.4. The van der Waals surface area contributed by atoms with E-state index in [2.05, 4.69) is 4.98 Å². The van der Waals surface area contributed by atoms with Gasteiger partial charge in [-0.05, 0) is 42.0 Å². The monoisotopic (exact) mass is 484 g/mol. The van der Waals surface area contributed by atoms with Crippen LogP contribution < -0.4 is 0 Å². The number of aromatic nitrogens is 1. The fraction of sp³-hybridized carbons (Fsp3) is 0.231. The summed E-state index contributed by atoms with van der Waals surface area (Å²) in [6.45, 7) is 0.0111. The first-order valence-corrected chi connectivity index (χ1v) is 11.0. The second kappa shape index (κ2) is 10.6. The van der Waals surface area contributed by atoms with Crippen LogP contribution >= 0.6 is 0 Å². The number of benzene rings is 1. The Morgan fingerprint density at radius 1 is 1.14 bits per heavy atom. The molecule has 0 bridgehead atoms. The molecule has 2 aliphatic rings. The Morgan fingerprint density at radius 2 is 1.94 bits per heavy atom. The average molecular weight is 484 g/mol. The van der Waals surface area contributed by atoms with Gasteiger partial charge in [-0.2, -0.15) is 13.2 Å². The molecule has 1 aliphatic heterocycles. The van der Waals surface area contributed by atoms with E-state index in [0.717, 1.165) is 30.7 Å². The van der Waals surface area contributed by atoms with Crippen LogP contribution in [0.3, 0.4) is 0 Å². The van der Waals surface area contributed by atoms with Crippen molar-refractivity contribution < 1.29 is 32.5 Å². The van der Waals surface area contributed by atoms with Crippen molar-refractivity contribution >= 4 is 5.91 Å². The lowest BCUT2D eigenvalue weighted by atomic mass is 10.0. The summed E-state index contributed by atoms with van der Waals surface area (Å²) < 4.78 is 49.9. The Morgan fingerprint density at radius 3 is 2.60 bits per heavy atom. The largest absolute Gasteiger partial charge is 0.463 e. The third-order valence-electron chi connectivity index (χ3n) is 5.51. The van der Waals surface area contributed by atoms with Gasteiger partial charge in [-0.3, -0.25) is 14.7 Å². The summed E-state index contributed by atoms with van der Waals surface area (Å²) in [5, 5.41) is 10.7. The van der Waals surface area contributed by atoms with Crippen LogP contribution in [0, 0.1) is 0 Å². The number of alkyl halides is 3. The molecular formula is C26H23F3N2O4. The quantitative estimate of drug-likeness (QED) is 0.587. The van der Waals surface area contributed by atoms with Crippen LogP contribution in [-0.2, 0) is 26.9 Å². The maximum absolute atomic E-state index is 13.3. The Kier molecular flexibility index (Phi) is 7.36. The van der Waals surface area contributed by atoms with E-state index in [-0.39, 0.29) is 18.8 Å². The topological polar surface area (TPSA) is 71.9 Å². The number of carbonyl (C=O) groups excluding carboxylic acids is 1. The molecule has 1 amide bonds. The first-order valence-electron chi connectivity index (χ1n) is 11.0. The zero-order valence-corrected chi connectivity index (χ0v) is 18.6. The van der Waals surface area contributed by atoms with Crippen molar-refractivity contribution in [3.05, 3.63) is 113 Å². The third kappa shape index (κ3) is 5.99. The van der Waals surface area contributed by atoms with E-state index in [4.69, 9.17) is 9.47 Å². The summed E-state index contributed by atoms with van der Waals surface area (Å²) in [4.78, 5) is 18.0. The molecule has 2 aromatic rings. The summed E-state index contributed by atoms with van der Waals surface area (Å²) in [6.07, 6.45) is 5.35. The zero-order valence-electron chi connectivity index (χ0n) is 18.6. The van der Waals surface area contributed by atoms with Crippen molar-refractivity contribution in [3.63, 3.8) is 0 Å². The average Bonchev–Trinajstić information content (AvgIpc) is 2.89. The molecule has 182 valence electrons. The number of amides is 1. The number of allylic oxidation sites excluding steroid dienone is 4. The van der Waals surface area contributed by atoms with E-state index in [9.17, 15) is 23.1 Å². The lowest BCUT2D eigenvalue weighted by Gasteiger charge is -2.29. The van der Waals surface area contributed by atoms with Gasteiger partial charge in [0.2, 0.25) is 5.88 Å². The standard InChI is InChI=1S/C26H23F3N2O4/c27-26(28,29)22-12-11-18(15-30-22)13-14-31(25(33)24(32)20-9-5-2-6-10-20)23-17-34-16-21(35-23)19-7-3-1-4-8-19/h1-3,5-7,9-12,15-17,24,32H,4,8,13-14H2/t24-/m0/s1. The minimum atomic E-state index is -4.54. The Labute approximate surface area is 200 Å². The predicted molar refractivity (Wildman–Crippen MR) is 121 cm³/mol. The van der Waals surface area contributed by atoms with Crippen LogP contribution in [0.2, 0.25) is 0 Å². The Bertz CT molecular complexity index is 1170. The highest BCUT2D eigenvalue weighted by Crippen LogP contribution is 2.30. The number of nitrogens with zero attached hydrogens (tertiary/aromatic N) is 2. The second-order valence-corrected chi connectivity index (χ2v) is 7.94. The van der Waals surface area contributed by atoms with Crippen LogP contribution in [-0.4, -0.2) is 27.4 Å². The number of hydrogen-bond acceptors (Lipinski definition) is 5. The molecule has 1 aliphatic carbocycles. The first-order chi connectivity index (χ1) is 16.8. The fourth-order valence-corrected chi connectivity index (χ4v) is 3.62. The highest BCUT2D eigenvalue weighted by Gasteiger charge is 2.33. The van der Waals surface area contributed by atoms with Crippen molar-refractivity contribution in [1.82, 2.24) is 9.88 Å². The lowest BCUT2D eigenvalue weighted by molar-refractivity contribution is -0.141. The highest BCUT2D eigenvalue weighted by molar-refractivity contribution is 5.83. The normalized spacial score (nSPS) is 16.3. The minimum Gasteiger partial charge on any atom is -0.463 e. The summed E-state index contributed by atoms with van der Waals surface area (Å²) in [6, 6.07) is 10.6. The molecule has 1 aromatic carbocycles. The molecule has 0 fully saturated rings. The van der Waals surface area contributed by atoms with Gasteiger partial charge in [0.15, 0.2) is 18.1 Å². The van der Waals surface area contributed by atoms with Crippen LogP contribution in [0.15, 0.2) is 96.6 Å².